The fourth-order valence-corrected chi connectivity index (χ4v) is 5.29. The van der Waals surface area contributed by atoms with E-state index in [2.05, 4.69) is 60.3 Å². The van der Waals surface area contributed by atoms with E-state index in [9.17, 15) is 9.59 Å². The zero-order valence-electron chi connectivity index (χ0n) is 24.1. The van der Waals surface area contributed by atoms with Crippen LogP contribution < -0.4 is 16.4 Å². The van der Waals surface area contributed by atoms with Crippen LogP contribution in [0.3, 0.4) is 0 Å². The number of carbonyl (C=O) groups excluding carboxylic acids is 2. The number of thiazole rings is 1. The number of nitrogens with one attached hydrogen (secondary N) is 2. The highest BCUT2D eigenvalue weighted by Crippen LogP contribution is 2.20. The molecule has 7 nitrogen and oxygen atoms in total. The first kappa shape index (κ1) is 31.0. The first-order valence-corrected chi connectivity index (χ1v) is 14.8. The Morgan fingerprint density at radius 2 is 1.57 bits per heavy atom. The molecule has 3 aromatic rings. The van der Waals surface area contributed by atoms with Gasteiger partial charge in [-0.15, -0.1) is 11.3 Å². The third-order valence-electron chi connectivity index (χ3n) is 6.73. The third-order valence-corrected chi connectivity index (χ3v) is 7.92. The molecule has 214 valence electrons. The minimum absolute atomic E-state index is 0.0233. The standard InChI is InChI=1S/C32H43N5O2S/c1-22(2)29(36-32(39)37(5)20-28-21-40-31(35-28)23(3)4)30(38)34-27(19-25-14-10-7-11-15-25)17-16-26(33)18-24-12-8-6-9-13-24/h6-15,21,23,26-27,29H,1,16-20,33H2,2-5H3,(H,34,38)(H,36,39)/t26-,27-,29+/m1/s1. The molecule has 3 atom stereocenters. The summed E-state index contributed by atoms with van der Waals surface area (Å²) < 4.78 is 0. The van der Waals surface area contributed by atoms with Crippen LogP contribution in [0.5, 0.6) is 0 Å². The zero-order valence-corrected chi connectivity index (χ0v) is 24.9. The lowest BCUT2D eigenvalue weighted by molar-refractivity contribution is -0.122. The fourth-order valence-electron chi connectivity index (χ4n) is 4.46. The first-order chi connectivity index (χ1) is 19.1. The molecule has 0 saturated carbocycles. The Hall–Kier alpha value is -3.49. The lowest BCUT2D eigenvalue weighted by Crippen LogP contribution is -2.53. The molecule has 0 fully saturated rings. The lowest BCUT2D eigenvalue weighted by Gasteiger charge is -2.26. The number of aromatic nitrogens is 1. The van der Waals surface area contributed by atoms with Gasteiger partial charge in [0.25, 0.3) is 0 Å². The van der Waals surface area contributed by atoms with Gasteiger partial charge in [-0.2, -0.15) is 0 Å². The van der Waals surface area contributed by atoms with Gasteiger partial charge in [0.15, 0.2) is 0 Å². The quantitative estimate of drug-likeness (QED) is 0.229. The minimum Gasteiger partial charge on any atom is -0.351 e. The number of carbonyl (C=O) groups is 2. The second kappa shape index (κ2) is 15.3. The summed E-state index contributed by atoms with van der Waals surface area (Å²) in [5.74, 6) is 0.0636. The molecule has 2 aromatic carbocycles. The zero-order chi connectivity index (χ0) is 29.1. The molecule has 0 aliphatic rings. The molecule has 0 unspecified atom stereocenters. The van der Waals surface area contributed by atoms with E-state index < -0.39 is 6.04 Å². The number of rotatable bonds is 14. The lowest BCUT2D eigenvalue weighted by atomic mass is 9.96. The number of benzene rings is 2. The topological polar surface area (TPSA) is 100 Å². The van der Waals surface area contributed by atoms with E-state index in [1.807, 2.05) is 41.8 Å². The van der Waals surface area contributed by atoms with Crippen molar-refractivity contribution in [1.29, 1.82) is 0 Å². The maximum Gasteiger partial charge on any atom is 0.318 e. The molecule has 40 heavy (non-hydrogen) atoms. The van der Waals surface area contributed by atoms with Gasteiger partial charge in [0.05, 0.1) is 17.2 Å². The molecule has 0 aliphatic carbocycles. The predicted octanol–water partition coefficient (Wildman–Crippen LogP) is 5.43. The largest absolute Gasteiger partial charge is 0.351 e. The molecule has 4 N–H and O–H groups in total. The van der Waals surface area contributed by atoms with Crippen molar-refractivity contribution in [1.82, 2.24) is 20.5 Å². The van der Waals surface area contributed by atoms with Crippen LogP contribution >= 0.6 is 11.3 Å². The summed E-state index contributed by atoms with van der Waals surface area (Å²) in [6, 6.07) is 18.9. The van der Waals surface area contributed by atoms with Gasteiger partial charge < -0.3 is 21.3 Å². The van der Waals surface area contributed by atoms with Crippen molar-refractivity contribution in [2.75, 3.05) is 7.05 Å². The number of urea groups is 1. The Morgan fingerprint density at radius 1 is 0.975 bits per heavy atom. The number of nitrogens with two attached hydrogens (primary N) is 1. The van der Waals surface area contributed by atoms with Crippen molar-refractivity contribution in [3.8, 4) is 0 Å². The van der Waals surface area contributed by atoms with Crippen LogP contribution in [-0.4, -0.2) is 47.0 Å². The summed E-state index contributed by atoms with van der Waals surface area (Å²) in [5, 5.41) is 9.04. The summed E-state index contributed by atoms with van der Waals surface area (Å²) in [7, 11) is 1.70. The number of hydrogen-bond acceptors (Lipinski definition) is 5. The average Bonchev–Trinajstić information content (AvgIpc) is 3.40. The Bertz CT molecular complexity index is 1230. The second-order valence-corrected chi connectivity index (χ2v) is 11.7. The molecule has 1 aromatic heterocycles. The van der Waals surface area contributed by atoms with Crippen LogP contribution in [0.25, 0.3) is 0 Å². The molecule has 3 rings (SSSR count). The number of nitrogens with zero attached hydrogens (tertiary/aromatic N) is 2. The van der Waals surface area contributed by atoms with Gasteiger partial charge in [-0.3, -0.25) is 4.79 Å². The number of hydrogen-bond donors (Lipinski definition) is 3. The molecule has 0 bridgehead atoms. The van der Waals surface area contributed by atoms with E-state index in [-0.39, 0.29) is 24.0 Å². The van der Waals surface area contributed by atoms with Gasteiger partial charge in [0, 0.05) is 30.4 Å². The molecule has 0 radical (unpaired) electrons. The molecule has 0 spiro atoms. The predicted molar refractivity (Wildman–Crippen MR) is 164 cm³/mol. The van der Waals surface area contributed by atoms with Gasteiger partial charge in [-0.25, -0.2) is 9.78 Å². The van der Waals surface area contributed by atoms with E-state index in [1.165, 1.54) is 10.5 Å². The summed E-state index contributed by atoms with van der Waals surface area (Å²) in [5.41, 5.74) is 10.2. The SMILES string of the molecule is C=C(C)[C@H](NC(=O)N(C)Cc1csc(C(C)C)n1)C(=O)N[C@H](CC[C@@H](N)Cc1ccccc1)Cc1ccccc1. The van der Waals surface area contributed by atoms with Crippen molar-refractivity contribution in [2.45, 2.75) is 77.0 Å². The van der Waals surface area contributed by atoms with Crippen molar-refractivity contribution < 1.29 is 9.59 Å². The summed E-state index contributed by atoms with van der Waals surface area (Å²) in [4.78, 5) is 32.6. The van der Waals surface area contributed by atoms with Crippen LogP contribution in [0.1, 0.15) is 61.4 Å². The van der Waals surface area contributed by atoms with E-state index in [1.54, 1.807) is 25.3 Å². The Kier molecular flexibility index (Phi) is 11.9. The van der Waals surface area contributed by atoms with Gasteiger partial charge in [-0.05, 0) is 49.3 Å². The Balaban J connectivity index is 1.63. The van der Waals surface area contributed by atoms with Gasteiger partial charge in [0.2, 0.25) is 5.91 Å². The third kappa shape index (κ3) is 9.92. The van der Waals surface area contributed by atoms with E-state index in [0.717, 1.165) is 29.1 Å². The molecule has 3 amide bonds. The van der Waals surface area contributed by atoms with Gasteiger partial charge in [0.1, 0.15) is 6.04 Å². The summed E-state index contributed by atoms with van der Waals surface area (Å²) in [6.07, 6.45) is 2.92. The van der Waals surface area contributed by atoms with Crippen molar-refractivity contribution in [3.63, 3.8) is 0 Å². The molecular weight excluding hydrogens is 518 g/mol. The Labute approximate surface area is 242 Å². The van der Waals surface area contributed by atoms with E-state index in [0.29, 0.717) is 30.9 Å². The van der Waals surface area contributed by atoms with Gasteiger partial charge in [-0.1, -0.05) is 81.1 Å². The maximum atomic E-state index is 13.5. The molecule has 0 saturated heterocycles. The average molecular weight is 562 g/mol. The van der Waals surface area contributed by atoms with Crippen LogP contribution in [-0.2, 0) is 24.2 Å². The maximum absolute atomic E-state index is 13.5. The highest BCUT2D eigenvalue weighted by atomic mass is 32.1. The minimum atomic E-state index is -0.854. The van der Waals surface area contributed by atoms with Crippen molar-refractivity contribution in [3.05, 3.63) is 100 Å². The molecule has 8 heteroatoms. The van der Waals surface area contributed by atoms with Crippen LogP contribution in [0.2, 0.25) is 0 Å². The first-order valence-electron chi connectivity index (χ1n) is 13.9. The van der Waals surface area contributed by atoms with E-state index in [4.69, 9.17) is 5.73 Å². The second-order valence-electron chi connectivity index (χ2n) is 10.8. The molecule has 1 heterocycles. The van der Waals surface area contributed by atoms with Crippen LogP contribution in [0, 0.1) is 0 Å². The summed E-state index contributed by atoms with van der Waals surface area (Å²) >= 11 is 1.59. The van der Waals surface area contributed by atoms with Crippen molar-refractivity contribution in [2.24, 2.45) is 5.73 Å². The van der Waals surface area contributed by atoms with Crippen LogP contribution in [0.4, 0.5) is 4.79 Å². The summed E-state index contributed by atoms with van der Waals surface area (Å²) in [6.45, 7) is 10.3. The number of amides is 3. The normalized spacial score (nSPS) is 13.3. The molecular formula is C32H43N5O2S. The van der Waals surface area contributed by atoms with Gasteiger partial charge >= 0.3 is 6.03 Å². The van der Waals surface area contributed by atoms with Crippen molar-refractivity contribution >= 4 is 23.3 Å². The van der Waals surface area contributed by atoms with Crippen LogP contribution in [0.15, 0.2) is 78.2 Å². The Morgan fingerprint density at radius 3 is 2.12 bits per heavy atom. The monoisotopic (exact) mass is 561 g/mol. The molecule has 0 aliphatic heterocycles. The smallest absolute Gasteiger partial charge is 0.318 e. The highest BCUT2D eigenvalue weighted by Gasteiger charge is 2.26. The highest BCUT2D eigenvalue weighted by molar-refractivity contribution is 7.09. The van der Waals surface area contributed by atoms with E-state index >= 15 is 0 Å². The fraction of sp³-hybridized carbons (Fsp3) is 0.406.